The van der Waals surface area contributed by atoms with Crippen LogP contribution in [0.15, 0.2) is 12.1 Å². The third kappa shape index (κ3) is 2.98. The minimum Gasteiger partial charge on any atom is -0.505 e. The number of hydrogen-bond acceptors (Lipinski definition) is 8. The first kappa shape index (κ1) is 21.8. The van der Waals surface area contributed by atoms with Crippen molar-refractivity contribution in [3.8, 4) is 5.75 Å². The van der Waals surface area contributed by atoms with E-state index in [0.717, 1.165) is 32.4 Å². The minimum absolute atomic E-state index is 0.0560. The van der Waals surface area contributed by atoms with Crippen LogP contribution in [0.25, 0.3) is 0 Å². The van der Waals surface area contributed by atoms with E-state index in [-0.39, 0.29) is 24.2 Å². The van der Waals surface area contributed by atoms with Gasteiger partial charge in [0.1, 0.15) is 5.75 Å². The molecule has 0 radical (unpaired) electrons. The molecule has 0 spiro atoms. The number of amides is 1. The topological polar surface area (TPSA) is 155 Å². The minimum atomic E-state index is -2.61. The van der Waals surface area contributed by atoms with E-state index in [1.807, 2.05) is 4.90 Å². The molecule has 33 heavy (non-hydrogen) atoms. The van der Waals surface area contributed by atoms with Crippen LogP contribution < -0.4 is 10.6 Å². The van der Waals surface area contributed by atoms with E-state index in [0.29, 0.717) is 17.7 Å². The summed E-state index contributed by atoms with van der Waals surface area (Å²) in [6, 6.07) is 3.58. The highest BCUT2D eigenvalue weighted by molar-refractivity contribution is 6.31. The Morgan fingerprint density at radius 3 is 2.39 bits per heavy atom. The molecule has 9 heteroatoms. The molecule has 5 rings (SSSR count). The molecule has 2 saturated carbocycles. The van der Waals surface area contributed by atoms with Crippen LogP contribution in [-0.4, -0.2) is 57.9 Å². The highest BCUT2D eigenvalue weighted by Gasteiger charge is 2.66. The molecule has 1 saturated heterocycles. The molecule has 0 bridgehead atoms. The molecule has 0 aromatic heterocycles. The van der Waals surface area contributed by atoms with Gasteiger partial charge in [0, 0.05) is 25.4 Å². The largest absolute Gasteiger partial charge is 0.505 e. The van der Waals surface area contributed by atoms with Gasteiger partial charge in [-0.15, -0.1) is 0 Å². The van der Waals surface area contributed by atoms with E-state index in [4.69, 9.17) is 5.73 Å². The van der Waals surface area contributed by atoms with Crippen LogP contribution in [0.1, 0.15) is 48.0 Å². The fourth-order valence-corrected chi connectivity index (χ4v) is 6.32. The number of phenols is 1. The van der Waals surface area contributed by atoms with E-state index in [2.05, 4.69) is 0 Å². The number of ketones is 4. The Morgan fingerprint density at radius 1 is 1.03 bits per heavy atom. The summed E-state index contributed by atoms with van der Waals surface area (Å²) in [5.74, 6) is -9.68. The molecule has 1 aliphatic heterocycles. The van der Waals surface area contributed by atoms with Crippen molar-refractivity contribution in [1.82, 2.24) is 0 Å². The van der Waals surface area contributed by atoms with Crippen LogP contribution in [0.2, 0.25) is 0 Å². The lowest BCUT2D eigenvalue weighted by molar-refractivity contribution is -0.175. The van der Waals surface area contributed by atoms with Crippen LogP contribution >= 0.6 is 0 Å². The molecule has 4 aliphatic rings. The summed E-state index contributed by atoms with van der Waals surface area (Å²) < 4.78 is 0. The number of phenolic OH excluding ortho intramolecular Hbond substituents is 1. The van der Waals surface area contributed by atoms with Gasteiger partial charge < -0.3 is 20.8 Å². The fraction of sp³-hybridized carbons (Fsp3) is 0.542. The average molecular weight is 454 g/mol. The molecule has 1 aromatic carbocycles. The van der Waals surface area contributed by atoms with Gasteiger partial charge in [-0.05, 0) is 49.7 Å². The van der Waals surface area contributed by atoms with E-state index < -0.39 is 58.3 Å². The van der Waals surface area contributed by atoms with Crippen LogP contribution in [0, 0.1) is 23.7 Å². The monoisotopic (exact) mass is 454 g/mol. The number of aliphatic hydroxyl groups is 1. The second kappa shape index (κ2) is 7.48. The van der Waals surface area contributed by atoms with Gasteiger partial charge in [0.25, 0.3) is 0 Å². The maximum atomic E-state index is 13.5. The van der Waals surface area contributed by atoms with Gasteiger partial charge in [-0.3, -0.25) is 24.0 Å². The van der Waals surface area contributed by atoms with E-state index in [9.17, 15) is 34.2 Å². The molecular formula is C24H26N2O7. The zero-order chi connectivity index (χ0) is 23.7. The number of rotatable bonds is 2. The zero-order valence-electron chi connectivity index (χ0n) is 18.1. The molecule has 9 nitrogen and oxygen atoms in total. The number of anilines is 1. The summed E-state index contributed by atoms with van der Waals surface area (Å²) in [6.07, 6.45) is 3.13. The van der Waals surface area contributed by atoms with Crippen LogP contribution in [0.5, 0.6) is 5.75 Å². The molecule has 4 N–H and O–H groups in total. The second-order valence-electron chi connectivity index (χ2n) is 9.75. The Labute approximate surface area is 189 Å². The lowest BCUT2D eigenvalue weighted by Crippen LogP contribution is -2.68. The number of primary amides is 1. The number of aromatic hydroxyl groups is 1. The number of nitrogens with two attached hydrogens (primary N) is 1. The van der Waals surface area contributed by atoms with Crippen molar-refractivity contribution < 1.29 is 34.2 Å². The number of fused-ring (bicyclic) bond motifs is 3. The van der Waals surface area contributed by atoms with Gasteiger partial charge in [0.05, 0.1) is 17.2 Å². The molecule has 174 valence electrons. The molecule has 2 unspecified atom stereocenters. The Balaban J connectivity index is 1.54. The molecule has 5 atom stereocenters. The Bertz CT molecular complexity index is 1110. The third-order valence-corrected chi connectivity index (χ3v) is 7.95. The fourth-order valence-electron chi connectivity index (χ4n) is 6.32. The summed E-state index contributed by atoms with van der Waals surface area (Å²) in [4.78, 5) is 66.0. The van der Waals surface area contributed by atoms with Crippen molar-refractivity contribution in [1.29, 1.82) is 0 Å². The predicted octanol–water partition coefficient (Wildman–Crippen LogP) is 0.317. The van der Waals surface area contributed by atoms with Crippen molar-refractivity contribution in [3.63, 3.8) is 0 Å². The lowest BCUT2D eigenvalue weighted by atomic mass is 9.54. The summed E-state index contributed by atoms with van der Waals surface area (Å²) in [5.41, 5.74) is 3.79. The zero-order valence-corrected chi connectivity index (χ0v) is 18.1. The lowest BCUT2D eigenvalue weighted by Gasteiger charge is -2.48. The van der Waals surface area contributed by atoms with Crippen molar-refractivity contribution in [3.05, 3.63) is 23.3 Å². The molecule has 1 heterocycles. The Morgan fingerprint density at radius 2 is 1.73 bits per heavy atom. The first-order chi connectivity index (χ1) is 15.7. The van der Waals surface area contributed by atoms with Crippen molar-refractivity contribution in [2.45, 2.75) is 44.1 Å². The smallest absolute Gasteiger partial charge is 0.235 e. The summed E-state index contributed by atoms with van der Waals surface area (Å²) in [5, 5.41) is 22.2. The van der Waals surface area contributed by atoms with Gasteiger partial charge in [-0.2, -0.15) is 0 Å². The summed E-state index contributed by atoms with van der Waals surface area (Å²) in [7, 11) is 0. The standard InChI is InChI=1S/C24H26N2O7/c25-23(32)18-15(27)10-13-9-12-8-11-4-5-14(26-6-2-1-3-7-26)19(28)16(11)20(29)17(12)21(30)24(13,33)22(18)31/h4-5,12-13,17-18,28,33H,1-3,6-10H2,(H2,25,32)/t12-,13-,17?,18?,24-/m0/s1. The Kier molecular flexibility index (Phi) is 4.93. The number of hydrogen-bond donors (Lipinski definition) is 3. The summed E-state index contributed by atoms with van der Waals surface area (Å²) >= 11 is 0. The molecule has 3 fully saturated rings. The van der Waals surface area contributed by atoms with E-state index in [1.165, 1.54) is 0 Å². The highest BCUT2D eigenvalue weighted by atomic mass is 16.3. The SMILES string of the molecule is NC(=O)C1C(=O)C[C@@H]2C[C@@H]3Cc4ccc(N5CCCCC5)c(O)c4C(=O)C3C(=O)[C@]2(O)C1=O. The third-order valence-electron chi connectivity index (χ3n) is 7.95. The number of nitrogens with zero attached hydrogens (tertiary/aromatic N) is 1. The maximum absolute atomic E-state index is 13.5. The quantitative estimate of drug-likeness (QED) is 0.540. The first-order valence-electron chi connectivity index (χ1n) is 11.4. The molecule has 1 aromatic rings. The number of piperidine rings is 1. The van der Waals surface area contributed by atoms with Gasteiger partial charge in [-0.1, -0.05) is 6.07 Å². The number of Topliss-reactive ketones (excluding diaryl/α,β-unsaturated/α-hetero) is 4. The van der Waals surface area contributed by atoms with Gasteiger partial charge in [0.2, 0.25) is 5.91 Å². The van der Waals surface area contributed by atoms with Crippen molar-refractivity contribution in [2.24, 2.45) is 29.4 Å². The molecule has 3 aliphatic carbocycles. The molecule has 1 amide bonds. The normalized spacial score (nSPS) is 33.9. The average Bonchev–Trinajstić information content (AvgIpc) is 2.76. The van der Waals surface area contributed by atoms with E-state index in [1.54, 1.807) is 12.1 Å². The molecular weight excluding hydrogens is 428 g/mol. The van der Waals surface area contributed by atoms with Crippen LogP contribution in [0.4, 0.5) is 5.69 Å². The summed E-state index contributed by atoms with van der Waals surface area (Å²) in [6.45, 7) is 1.51. The van der Waals surface area contributed by atoms with Crippen LogP contribution in [-0.2, 0) is 25.6 Å². The number of carbonyl (C=O) groups is 5. The van der Waals surface area contributed by atoms with Crippen molar-refractivity contribution in [2.75, 3.05) is 18.0 Å². The van der Waals surface area contributed by atoms with Crippen LogP contribution in [0.3, 0.4) is 0 Å². The van der Waals surface area contributed by atoms with Gasteiger partial charge in [0.15, 0.2) is 34.7 Å². The predicted molar refractivity (Wildman–Crippen MR) is 115 cm³/mol. The number of carbonyl (C=O) groups excluding carboxylic acids is 5. The van der Waals surface area contributed by atoms with Gasteiger partial charge >= 0.3 is 0 Å². The Hall–Kier alpha value is -3.07. The van der Waals surface area contributed by atoms with E-state index >= 15 is 0 Å². The van der Waals surface area contributed by atoms with Gasteiger partial charge in [-0.25, -0.2) is 0 Å². The van der Waals surface area contributed by atoms with Crippen molar-refractivity contribution >= 4 is 34.7 Å². The maximum Gasteiger partial charge on any atom is 0.235 e. The highest BCUT2D eigenvalue weighted by Crippen LogP contribution is 2.50. The second-order valence-corrected chi connectivity index (χ2v) is 9.75. The first-order valence-corrected chi connectivity index (χ1v) is 11.4. The number of benzene rings is 1.